The highest BCUT2D eigenvalue weighted by Crippen LogP contribution is 2.75. The molecule has 3 aliphatic carbocycles. The lowest BCUT2D eigenvalue weighted by Crippen LogP contribution is -2.51. The number of benzene rings is 1. The van der Waals surface area contributed by atoms with Gasteiger partial charge >= 0.3 is 0 Å². The number of fused-ring (bicyclic) bond motifs is 2. The summed E-state index contributed by atoms with van der Waals surface area (Å²) in [7, 11) is 0. The molecule has 2 saturated heterocycles. The van der Waals surface area contributed by atoms with Gasteiger partial charge in [-0.3, -0.25) is 4.79 Å². The van der Waals surface area contributed by atoms with Gasteiger partial charge in [0.25, 0.3) is 0 Å². The highest BCUT2D eigenvalue weighted by atomic mass is 32.2. The molecule has 0 radical (unpaired) electrons. The van der Waals surface area contributed by atoms with Crippen molar-refractivity contribution in [3.8, 4) is 0 Å². The maximum Gasteiger partial charge on any atom is 0.232 e. The van der Waals surface area contributed by atoms with Crippen molar-refractivity contribution < 1.29 is 14.6 Å². The van der Waals surface area contributed by atoms with Crippen LogP contribution in [-0.4, -0.2) is 48.0 Å². The van der Waals surface area contributed by atoms with Gasteiger partial charge in [-0.2, -0.15) is 0 Å². The normalized spacial score (nSPS) is 30.5. The number of aliphatic hydroxyl groups is 1. The number of carbonyl (C=O) groups excluding carboxylic acids is 1. The lowest BCUT2D eigenvalue weighted by molar-refractivity contribution is -0.124. The minimum absolute atomic E-state index is 0.0713. The smallest absolute Gasteiger partial charge is 0.232 e. The summed E-state index contributed by atoms with van der Waals surface area (Å²) in [5, 5.41) is 14.4. The molecule has 1 aromatic carbocycles. The zero-order chi connectivity index (χ0) is 21.6. The van der Waals surface area contributed by atoms with E-state index in [1.807, 2.05) is 6.07 Å². The van der Waals surface area contributed by atoms with E-state index in [0.29, 0.717) is 17.2 Å². The number of piperidine rings is 1. The standard InChI is InChI=1S/C24H28N4O3S/c29-21(23-11-15(23)12-23)26-20-2-1-17-18(25-20)9-16(32-27-24(30)3-4-24)10-19(17)28-7-5-22(6-8-28)13-31-14-22/h1-2,9-10,15,27,30H,3-8,11-14H2,(H,25,26,29). The molecule has 1 spiro atoms. The number of rotatable bonds is 6. The molecule has 3 N–H and O–H groups in total. The Bertz CT molecular complexity index is 1110. The summed E-state index contributed by atoms with van der Waals surface area (Å²) in [6.07, 6.45) is 5.94. The van der Waals surface area contributed by atoms with Gasteiger partial charge in [0.2, 0.25) is 5.91 Å². The Balaban J connectivity index is 1.19. The molecule has 0 unspecified atom stereocenters. The largest absolute Gasteiger partial charge is 0.380 e. The number of pyridine rings is 1. The fraction of sp³-hybridized carbons (Fsp3) is 0.583. The first-order valence-corrected chi connectivity index (χ1v) is 12.5. The van der Waals surface area contributed by atoms with Crippen LogP contribution >= 0.6 is 11.9 Å². The van der Waals surface area contributed by atoms with Crippen LogP contribution in [0.4, 0.5) is 11.5 Å². The van der Waals surface area contributed by atoms with Gasteiger partial charge in [-0.15, -0.1) is 0 Å². The summed E-state index contributed by atoms with van der Waals surface area (Å²) in [6.45, 7) is 3.80. The maximum absolute atomic E-state index is 12.6. The van der Waals surface area contributed by atoms with Crippen LogP contribution in [0.25, 0.3) is 10.9 Å². The zero-order valence-electron chi connectivity index (χ0n) is 18.0. The fourth-order valence-electron chi connectivity index (χ4n) is 5.17. The molecule has 5 aliphatic rings. The Kier molecular flexibility index (Phi) is 4.04. The number of hydrogen-bond acceptors (Lipinski definition) is 7. The molecule has 3 saturated carbocycles. The molecule has 2 aliphatic heterocycles. The van der Waals surface area contributed by atoms with Crippen molar-refractivity contribution in [2.24, 2.45) is 16.7 Å². The van der Waals surface area contributed by atoms with Gasteiger partial charge in [-0.05, 0) is 80.7 Å². The average Bonchev–Trinajstić information content (AvgIpc) is 3.67. The lowest BCUT2D eigenvalue weighted by atomic mass is 9.76. The van der Waals surface area contributed by atoms with Crippen LogP contribution in [0.15, 0.2) is 29.2 Å². The van der Waals surface area contributed by atoms with E-state index < -0.39 is 5.72 Å². The van der Waals surface area contributed by atoms with Crippen LogP contribution in [0.5, 0.6) is 0 Å². The molecule has 5 fully saturated rings. The number of ether oxygens (including phenoxy) is 1. The van der Waals surface area contributed by atoms with Gasteiger partial charge in [0.15, 0.2) is 0 Å². The molecule has 3 heterocycles. The summed E-state index contributed by atoms with van der Waals surface area (Å²) >= 11 is 1.47. The first-order valence-electron chi connectivity index (χ1n) is 11.7. The van der Waals surface area contributed by atoms with E-state index in [2.05, 4.69) is 33.1 Å². The summed E-state index contributed by atoms with van der Waals surface area (Å²) in [4.78, 5) is 20.9. The van der Waals surface area contributed by atoms with E-state index in [9.17, 15) is 9.90 Å². The Morgan fingerprint density at radius 2 is 1.91 bits per heavy atom. The third-order valence-corrected chi connectivity index (χ3v) is 9.15. The van der Waals surface area contributed by atoms with Crippen molar-refractivity contribution in [1.29, 1.82) is 0 Å². The molecule has 8 heteroatoms. The van der Waals surface area contributed by atoms with Crippen molar-refractivity contribution >= 4 is 40.3 Å². The summed E-state index contributed by atoms with van der Waals surface area (Å²) < 4.78 is 8.69. The summed E-state index contributed by atoms with van der Waals surface area (Å²) in [5.74, 6) is 1.36. The van der Waals surface area contributed by atoms with Crippen molar-refractivity contribution in [3.05, 3.63) is 24.3 Å². The van der Waals surface area contributed by atoms with E-state index >= 15 is 0 Å². The molecular weight excluding hydrogens is 424 g/mol. The quantitative estimate of drug-likeness (QED) is 0.458. The monoisotopic (exact) mass is 452 g/mol. The summed E-state index contributed by atoms with van der Waals surface area (Å²) in [5.41, 5.74) is 1.62. The van der Waals surface area contributed by atoms with E-state index in [0.717, 1.165) is 80.6 Å². The van der Waals surface area contributed by atoms with Crippen LogP contribution in [0.2, 0.25) is 0 Å². The minimum atomic E-state index is -0.741. The van der Waals surface area contributed by atoms with E-state index in [1.165, 1.54) is 17.6 Å². The molecule has 1 amide bonds. The lowest BCUT2D eigenvalue weighted by Gasteiger charge is -2.48. The second-order valence-electron chi connectivity index (χ2n) is 10.6. The number of nitrogens with one attached hydrogen (secondary N) is 2. The number of anilines is 2. The van der Waals surface area contributed by atoms with Crippen LogP contribution < -0.4 is 14.9 Å². The topological polar surface area (TPSA) is 86.7 Å². The van der Waals surface area contributed by atoms with Gasteiger partial charge in [0, 0.05) is 34.5 Å². The molecule has 168 valence electrons. The number of hydrogen-bond donors (Lipinski definition) is 3. The van der Waals surface area contributed by atoms with Gasteiger partial charge in [0.05, 0.1) is 24.1 Å². The molecule has 7 nitrogen and oxygen atoms in total. The van der Waals surface area contributed by atoms with Gasteiger partial charge in [-0.25, -0.2) is 9.71 Å². The van der Waals surface area contributed by atoms with E-state index in [1.54, 1.807) is 0 Å². The average molecular weight is 453 g/mol. The second kappa shape index (κ2) is 6.59. The SMILES string of the molecule is O=C(Nc1ccc2c(N3CCC4(CC3)COC4)cc(SNC3(O)CC3)cc2n1)C12CC1C2. The number of aromatic nitrogens is 1. The third-order valence-electron chi connectivity index (χ3n) is 8.20. The number of nitrogens with zero attached hydrogens (tertiary/aromatic N) is 2. The van der Waals surface area contributed by atoms with Gasteiger partial charge < -0.3 is 20.1 Å². The van der Waals surface area contributed by atoms with Crippen molar-refractivity contribution in [3.63, 3.8) is 0 Å². The number of carbonyl (C=O) groups is 1. The predicted molar refractivity (Wildman–Crippen MR) is 123 cm³/mol. The molecule has 0 bridgehead atoms. The minimum Gasteiger partial charge on any atom is -0.380 e. The fourth-order valence-corrected chi connectivity index (χ4v) is 6.02. The highest BCUT2D eigenvalue weighted by Gasteiger charge is 2.74. The Hall–Kier alpha value is -1.87. The van der Waals surface area contributed by atoms with E-state index in [-0.39, 0.29) is 11.3 Å². The van der Waals surface area contributed by atoms with Crippen LogP contribution in [0.3, 0.4) is 0 Å². The molecule has 7 rings (SSSR count). The van der Waals surface area contributed by atoms with Crippen LogP contribution in [0, 0.1) is 16.7 Å². The molecule has 0 atom stereocenters. The summed E-state index contributed by atoms with van der Waals surface area (Å²) in [6, 6.07) is 8.29. The van der Waals surface area contributed by atoms with Gasteiger partial charge in [-0.1, -0.05) is 0 Å². The van der Waals surface area contributed by atoms with Crippen molar-refractivity contribution in [2.75, 3.05) is 36.5 Å². The first-order chi connectivity index (χ1) is 15.5. The van der Waals surface area contributed by atoms with E-state index in [4.69, 9.17) is 9.72 Å². The van der Waals surface area contributed by atoms with Crippen molar-refractivity contribution in [2.45, 2.75) is 49.1 Å². The predicted octanol–water partition coefficient (Wildman–Crippen LogP) is 3.28. The van der Waals surface area contributed by atoms with Crippen LogP contribution in [0.1, 0.15) is 38.5 Å². The van der Waals surface area contributed by atoms with Crippen molar-refractivity contribution in [1.82, 2.24) is 9.71 Å². The third kappa shape index (κ3) is 3.22. The first kappa shape index (κ1) is 19.6. The Labute approximate surface area is 191 Å². The Morgan fingerprint density at radius 3 is 2.53 bits per heavy atom. The molecule has 1 aromatic heterocycles. The van der Waals surface area contributed by atoms with Gasteiger partial charge in [0.1, 0.15) is 11.5 Å². The zero-order valence-corrected chi connectivity index (χ0v) is 18.8. The molecule has 32 heavy (non-hydrogen) atoms. The van der Waals surface area contributed by atoms with Crippen LogP contribution in [-0.2, 0) is 9.53 Å². The maximum atomic E-state index is 12.6. The highest BCUT2D eigenvalue weighted by molar-refractivity contribution is 7.97. The number of amides is 1. The molecule has 2 aromatic rings. The molecular formula is C24H28N4O3S. The second-order valence-corrected chi connectivity index (χ2v) is 11.5. The Morgan fingerprint density at radius 1 is 1.16 bits per heavy atom.